The average Bonchev–Trinajstić information content (AvgIpc) is 2.70. The number of rotatable bonds is 5. The average molecular weight is 296 g/mol. The van der Waals surface area contributed by atoms with Crippen molar-refractivity contribution in [2.75, 3.05) is 19.3 Å². The van der Waals surface area contributed by atoms with E-state index in [0.29, 0.717) is 18.2 Å². The Morgan fingerprint density at radius 2 is 2.22 bits per heavy atom. The molecule has 0 aliphatic carbocycles. The number of carbonyl (C=O) groups is 2. The lowest BCUT2D eigenvalue weighted by Gasteiger charge is -2.23. The first-order valence-electron chi connectivity index (χ1n) is 5.85. The molecule has 18 heavy (non-hydrogen) atoms. The van der Waals surface area contributed by atoms with Crippen LogP contribution in [0.1, 0.15) is 20.3 Å². The van der Waals surface area contributed by atoms with Gasteiger partial charge in [-0.2, -0.15) is 0 Å². The maximum absolute atomic E-state index is 11.9. The molecule has 0 aromatic rings. The summed E-state index contributed by atoms with van der Waals surface area (Å²) >= 11 is 1.16. The molecule has 1 aliphatic heterocycles. The van der Waals surface area contributed by atoms with Crippen molar-refractivity contribution in [3.63, 3.8) is 0 Å². The summed E-state index contributed by atoms with van der Waals surface area (Å²) < 4.78 is 0. The number of nitrogens with zero attached hydrogens (tertiary/aromatic N) is 1. The number of likely N-dealkylation sites (N-methyl/N-ethyl adjacent to an activating group) is 1. The summed E-state index contributed by atoms with van der Waals surface area (Å²) in [5.41, 5.74) is 5.93. The van der Waals surface area contributed by atoms with Crippen LogP contribution in [0, 0.1) is 5.92 Å². The summed E-state index contributed by atoms with van der Waals surface area (Å²) in [6.45, 7) is 4.77. The molecule has 0 saturated carbocycles. The van der Waals surface area contributed by atoms with Crippen LogP contribution in [0.25, 0.3) is 0 Å². The molecule has 0 aromatic carbocycles. The van der Waals surface area contributed by atoms with Gasteiger partial charge in [0.15, 0.2) is 0 Å². The van der Waals surface area contributed by atoms with Crippen LogP contribution in [0.15, 0.2) is 0 Å². The molecule has 7 heteroatoms. The number of amides is 2. The highest BCUT2D eigenvalue weighted by Gasteiger charge is 2.30. The van der Waals surface area contributed by atoms with Crippen LogP contribution < -0.4 is 11.1 Å². The smallest absolute Gasteiger partial charge is 0.279 e. The first kappa shape index (κ1) is 17.5. The molecule has 106 valence electrons. The van der Waals surface area contributed by atoms with Crippen LogP contribution >= 0.6 is 24.2 Å². The van der Waals surface area contributed by atoms with Gasteiger partial charge in [-0.15, -0.1) is 12.4 Å². The lowest BCUT2D eigenvalue weighted by molar-refractivity contribution is -0.131. The Hall–Kier alpha value is -0.460. The molecule has 1 aliphatic rings. The molecule has 1 heterocycles. The second kappa shape index (κ2) is 7.86. The fraction of sp³-hybridized carbons (Fsp3) is 0.818. The Bertz CT molecular complexity index is 302. The van der Waals surface area contributed by atoms with Gasteiger partial charge in [0.25, 0.3) is 5.24 Å². The quantitative estimate of drug-likeness (QED) is 0.795. The van der Waals surface area contributed by atoms with Crippen LogP contribution in [0.4, 0.5) is 4.79 Å². The van der Waals surface area contributed by atoms with E-state index in [1.165, 1.54) is 0 Å². The van der Waals surface area contributed by atoms with E-state index >= 15 is 0 Å². The van der Waals surface area contributed by atoms with Gasteiger partial charge in [-0.3, -0.25) is 9.59 Å². The molecule has 1 rings (SSSR count). The van der Waals surface area contributed by atoms with Gasteiger partial charge in [-0.1, -0.05) is 25.6 Å². The number of hydrogen-bond acceptors (Lipinski definition) is 4. The minimum absolute atomic E-state index is 0. The van der Waals surface area contributed by atoms with Crippen molar-refractivity contribution in [1.82, 2.24) is 10.2 Å². The fourth-order valence-electron chi connectivity index (χ4n) is 1.57. The van der Waals surface area contributed by atoms with E-state index in [9.17, 15) is 9.59 Å². The number of nitrogens with two attached hydrogens (primary N) is 1. The third-order valence-corrected chi connectivity index (χ3v) is 3.88. The number of nitrogens with one attached hydrogen (secondary N) is 1. The van der Waals surface area contributed by atoms with Crippen LogP contribution in [0.3, 0.4) is 0 Å². The molecule has 0 spiro atoms. The zero-order valence-electron chi connectivity index (χ0n) is 11.0. The standard InChI is InChI=1S/C11H21N3O2S.ClH/c1-7(2)8(12)4-5-14(3)10(15)9-6-17-11(16)13-9;/h7-9H,4-6,12H2,1-3H3,(H,13,16);1H/t8?,9-;/m0./s1. The third kappa shape index (κ3) is 5.04. The molecule has 2 amide bonds. The van der Waals surface area contributed by atoms with Crippen molar-refractivity contribution in [2.45, 2.75) is 32.4 Å². The van der Waals surface area contributed by atoms with Gasteiger partial charge in [0.05, 0.1) is 0 Å². The Morgan fingerprint density at radius 3 is 2.67 bits per heavy atom. The molecular formula is C11H22ClN3O2S. The maximum atomic E-state index is 11.9. The van der Waals surface area contributed by atoms with E-state index in [2.05, 4.69) is 19.2 Å². The van der Waals surface area contributed by atoms with Crippen LogP contribution in [0.5, 0.6) is 0 Å². The summed E-state index contributed by atoms with van der Waals surface area (Å²) in [5, 5.41) is 2.53. The largest absolute Gasteiger partial charge is 0.344 e. The molecule has 1 unspecified atom stereocenters. The Morgan fingerprint density at radius 1 is 1.61 bits per heavy atom. The van der Waals surface area contributed by atoms with Crippen molar-refractivity contribution in [3.8, 4) is 0 Å². The minimum atomic E-state index is -0.368. The molecule has 2 atom stereocenters. The molecule has 5 nitrogen and oxygen atoms in total. The van der Waals surface area contributed by atoms with Crippen LogP contribution in [-0.2, 0) is 4.79 Å². The van der Waals surface area contributed by atoms with Gasteiger partial charge in [-0.05, 0) is 12.3 Å². The van der Waals surface area contributed by atoms with Gasteiger partial charge in [0.1, 0.15) is 6.04 Å². The highest BCUT2D eigenvalue weighted by Crippen LogP contribution is 2.14. The van der Waals surface area contributed by atoms with E-state index in [4.69, 9.17) is 5.73 Å². The van der Waals surface area contributed by atoms with Crippen LogP contribution in [-0.4, -0.2) is 47.5 Å². The molecule has 0 aromatic heterocycles. The van der Waals surface area contributed by atoms with Gasteiger partial charge >= 0.3 is 0 Å². The first-order chi connectivity index (χ1) is 7.91. The Labute approximate surface area is 119 Å². The van der Waals surface area contributed by atoms with Gasteiger partial charge < -0.3 is 16.0 Å². The van der Waals surface area contributed by atoms with Crippen molar-refractivity contribution in [2.24, 2.45) is 11.7 Å². The number of hydrogen-bond donors (Lipinski definition) is 2. The van der Waals surface area contributed by atoms with Gasteiger partial charge in [-0.25, -0.2) is 0 Å². The molecule has 0 bridgehead atoms. The molecule has 0 radical (unpaired) electrons. The normalized spacial score (nSPS) is 20.3. The maximum Gasteiger partial charge on any atom is 0.279 e. The molecular weight excluding hydrogens is 274 g/mol. The number of carbonyl (C=O) groups excluding carboxylic acids is 2. The number of thioether (sulfide) groups is 1. The van der Waals surface area contributed by atoms with Gasteiger partial charge in [0.2, 0.25) is 5.91 Å². The summed E-state index contributed by atoms with van der Waals surface area (Å²) in [6.07, 6.45) is 0.785. The van der Waals surface area contributed by atoms with Crippen molar-refractivity contribution in [1.29, 1.82) is 0 Å². The SMILES string of the molecule is CC(C)C(N)CCN(C)C(=O)[C@@H]1CSC(=O)N1.Cl. The topological polar surface area (TPSA) is 75.4 Å². The number of halogens is 1. The van der Waals surface area contributed by atoms with E-state index < -0.39 is 0 Å². The van der Waals surface area contributed by atoms with E-state index in [1.807, 2.05) is 0 Å². The summed E-state index contributed by atoms with van der Waals surface area (Å²) in [7, 11) is 1.75. The predicted octanol–water partition coefficient (Wildman–Crippen LogP) is 1.06. The van der Waals surface area contributed by atoms with Crippen LogP contribution in [0.2, 0.25) is 0 Å². The Balaban J connectivity index is 0.00000289. The lowest BCUT2D eigenvalue weighted by atomic mass is 10.0. The molecule has 1 saturated heterocycles. The third-order valence-electron chi connectivity index (χ3n) is 3.00. The summed E-state index contributed by atoms with van der Waals surface area (Å²) in [5.74, 6) is 0.915. The van der Waals surface area contributed by atoms with E-state index in [1.54, 1.807) is 11.9 Å². The van der Waals surface area contributed by atoms with E-state index in [-0.39, 0.29) is 35.6 Å². The second-order valence-electron chi connectivity index (χ2n) is 4.75. The molecule has 3 N–H and O–H groups in total. The predicted molar refractivity (Wildman–Crippen MR) is 77.1 cm³/mol. The lowest BCUT2D eigenvalue weighted by Crippen LogP contribution is -2.45. The van der Waals surface area contributed by atoms with E-state index in [0.717, 1.165) is 18.2 Å². The monoisotopic (exact) mass is 295 g/mol. The van der Waals surface area contributed by atoms with Crippen molar-refractivity contribution >= 4 is 35.3 Å². The van der Waals surface area contributed by atoms with Gasteiger partial charge in [0, 0.05) is 25.4 Å². The molecule has 1 fully saturated rings. The van der Waals surface area contributed by atoms with Crippen molar-refractivity contribution < 1.29 is 9.59 Å². The second-order valence-corrected chi connectivity index (χ2v) is 5.74. The highest BCUT2D eigenvalue weighted by molar-refractivity contribution is 8.14. The first-order valence-corrected chi connectivity index (χ1v) is 6.84. The summed E-state index contributed by atoms with van der Waals surface area (Å²) in [6, 6.07) is -0.259. The fourth-order valence-corrected chi connectivity index (χ4v) is 2.34. The zero-order chi connectivity index (χ0) is 13.0. The Kier molecular flexibility index (Phi) is 7.66. The summed E-state index contributed by atoms with van der Waals surface area (Å²) in [4.78, 5) is 24.6. The minimum Gasteiger partial charge on any atom is -0.344 e. The van der Waals surface area contributed by atoms with Crippen molar-refractivity contribution in [3.05, 3.63) is 0 Å². The highest BCUT2D eigenvalue weighted by atomic mass is 35.5. The zero-order valence-corrected chi connectivity index (χ0v) is 12.6.